The molecule has 2 aromatic rings. The number of hydrogen-bond acceptors (Lipinski definition) is 4. The van der Waals surface area contributed by atoms with E-state index in [2.05, 4.69) is 4.98 Å². The van der Waals surface area contributed by atoms with Crippen molar-refractivity contribution in [2.45, 2.75) is 6.61 Å². The quantitative estimate of drug-likeness (QED) is 0.623. The van der Waals surface area contributed by atoms with Crippen LogP contribution in [0.5, 0.6) is 0 Å². The van der Waals surface area contributed by atoms with E-state index in [1.807, 2.05) is 17.5 Å². The lowest BCUT2D eigenvalue weighted by Crippen LogP contribution is -2.04. The van der Waals surface area contributed by atoms with E-state index in [0.29, 0.717) is 5.56 Å². The molecule has 0 saturated carbocycles. The van der Waals surface area contributed by atoms with E-state index in [4.69, 9.17) is 16.3 Å². The minimum Gasteiger partial charge on any atom is -0.456 e. The molecule has 0 amide bonds. The van der Waals surface area contributed by atoms with Gasteiger partial charge in [-0.2, -0.15) is 0 Å². The smallest absolute Gasteiger partial charge is 0.338 e. The fourth-order valence-corrected chi connectivity index (χ4v) is 1.93. The first kappa shape index (κ1) is 11.1. The maximum absolute atomic E-state index is 11.6. The molecule has 5 heteroatoms. The van der Waals surface area contributed by atoms with Crippen molar-refractivity contribution in [1.82, 2.24) is 4.98 Å². The van der Waals surface area contributed by atoms with E-state index < -0.39 is 5.97 Å². The highest BCUT2D eigenvalue weighted by Crippen LogP contribution is 2.12. The Balaban J connectivity index is 1.98. The molecule has 0 aliphatic heterocycles. The van der Waals surface area contributed by atoms with Gasteiger partial charge in [-0.25, -0.2) is 9.78 Å². The Morgan fingerprint density at radius 2 is 2.38 bits per heavy atom. The molecule has 0 fully saturated rings. The summed E-state index contributed by atoms with van der Waals surface area (Å²) in [6.45, 7) is 0.288. The zero-order chi connectivity index (χ0) is 11.4. The first-order chi connectivity index (χ1) is 7.75. The van der Waals surface area contributed by atoms with Crippen molar-refractivity contribution in [3.63, 3.8) is 0 Å². The number of esters is 1. The Morgan fingerprint density at radius 1 is 1.50 bits per heavy atom. The molecule has 0 aliphatic rings. The Hall–Kier alpha value is -1.39. The molecule has 0 atom stereocenters. The van der Waals surface area contributed by atoms with E-state index in [1.165, 1.54) is 12.3 Å². The molecule has 0 bridgehead atoms. The van der Waals surface area contributed by atoms with Crippen molar-refractivity contribution in [1.29, 1.82) is 0 Å². The third-order valence-electron chi connectivity index (χ3n) is 1.89. The maximum atomic E-state index is 11.6. The predicted molar refractivity (Wildman–Crippen MR) is 62.7 cm³/mol. The van der Waals surface area contributed by atoms with Gasteiger partial charge in [-0.1, -0.05) is 17.7 Å². The fourth-order valence-electron chi connectivity index (χ4n) is 1.14. The van der Waals surface area contributed by atoms with Crippen LogP contribution in [0.3, 0.4) is 0 Å². The number of carbonyl (C=O) groups excluding carboxylic acids is 1. The number of aromatic nitrogens is 1. The number of halogens is 1. The number of nitrogens with zero attached hydrogens (tertiary/aromatic N) is 1. The van der Waals surface area contributed by atoms with Crippen LogP contribution < -0.4 is 0 Å². The number of thiophene rings is 1. The molecule has 0 spiro atoms. The summed E-state index contributed by atoms with van der Waals surface area (Å²) < 4.78 is 5.11. The maximum Gasteiger partial charge on any atom is 0.338 e. The number of ether oxygens (including phenoxy) is 1. The highest BCUT2D eigenvalue weighted by atomic mass is 35.5. The van der Waals surface area contributed by atoms with E-state index in [1.54, 1.807) is 17.4 Å². The summed E-state index contributed by atoms with van der Waals surface area (Å²) in [5.74, 6) is -0.391. The number of carbonyl (C=O) groups is 1. The third kappa shape index (κ3) is 2.81. The van der Waals surface area contributed by atoms with Crippen molar-refractivity contribution < 1.29 is 9.53 Å². The summed E-state index contributed by atoms with van der Waals surface area (Å²) in [5, 5.41) is 2.22. The Kier molecular flexibility index (Phi) is 3.54. The molecule has 0 saturated heterocycles. The average molecular weight is 254 g/mol. The van der Waals surface area contributed by atoms with Crippen molar-refractivity contribution in [3.05, 3.63) is 51.4 Å². The second kappa shape index (κ2) is 5.09. The van der Waals surface area contributed by atoms with Crippen LogP contribution in [0.25, 0.3) is 0 Å². The number of rotatable bonds is 3. The first-order valence-electron chi connectivity index (χ1n) is 4.57. The summed E-state index contributed by atoms with van der Waals surface area (Å²) in [7, 11) is 0. The van der Waals surface area contributed by atoms with Gasteiger partial charge in [-0.15, -0.1) is 11.3 Å². The van der Waals surface area contributed by atoms with Crippen LogP contribution in [0.4, 0.5) is 0 Å². The average Bonchev–Trinajstić information content (AvgIpc) is 2.78. The molecule has 0 unspecified atom stereocenters. The van der Waals surface area contributed by atoms with Crippen LogP contribution in [-0.4, -0.2) is 11.0 Å². The fraction of sp³-hybridized carbons (Fsp3) is 0.0909. The Bertz CT molecular complexity index is 484. The van der Waals surface area contributed by atoms with Gasteiger partial charge in [0.15, 0.2) is 0 Å². The number of hydrogen-bond donors (Lipinski definition) is 0. The van der Waals surface area contributed by atoms with Crippen LogP contribution in [0.15, 0.2) is 35.8 Å². The van der Waals surface area contributed by atoms with Gasteiger partial charge in [0.1, 0.15) is 11.8 Å². The van der Waals surface area contributed by atoms with Gasteiger partial charge < -0.3 is 4.74 Å². The monoisotopic (exact) mass is 253 g/mol. The van der Waals surface area contributed by atoms with Crippen LogP contribution in [-0.2, 0) is 11.3 Å². The second-order valence-electron chi connectivity index (χ2n) is 3.02. The molecule has 0 radical (unpaired) electrons. The van der Waals surface area contributed by atoms with Crippen LogP contribution in [0.2, 0.25) is 5.15 Å². The van der Waals surface area contributed by atoms with Gasteiger partial charge >= 0.3 is 5.97 Å². The topological polar surface area (TPSA) is 39.2 Å². The molecule has 2 rings (SSSR count). The standard InChI is InChI=1S/C11H8ClNO2S/c12-10-6-8(3-4-13-10)11(14)15-7-9-2-1-5-16-9/h1-6H,7H2. The lowest BCUT2D eigenvalue weighted by atomic mass is 10.3. The summed E-state index contributed by atoms with van der Waals surface area (Å²) >= 11 is 7.22. The predicted octanol–water partition coefficient (Wildman–Crippen LogP) is 3.15. The minimum absolute atomic E-state index is 0.283. The van der Waals surface area contributed by atoms with E-state index in [9.17, 15) is 4.79 Å². The molecular weight excluding hydrogens is 246 g/mol. The van der Waals surface area contributed by atoms with Gasteiger partial charge in [-0.05, 0) is 23.6 Å². The van der Waals surface area contributed by atoms with E-state index in [-0.39, 0.29) is 11.8 Å². The van der Waals surface area contributed by atoms with Gasteiger partial charge in [0.2, 0.25) is 0 Å². The summed E-state index contributed by atoms with van der Waals surface area (Å²) in [4.78, 5) is 16.4. The van der Waals surface area contributed by atoms with E-state index in [0.717, 1.165) is 4.88 Å². The molecule has 2 aromatic heterocycles. The van der Waals surface area contributed by atoms with Crippen molar-refractivity contribution in [3.8, 4) is 0 Å². The van der Waals surface area contributed by atoms with Crippen molar-refractivity contribution >= 4 is 28.9 Å². The minimum atomic E-state index is -0.391. The zero-order valence-electron chi connectivity index (χ0n) is 8.22. The number of pyridine rings is 1. The second-order valence-corrected chi connectivity index (χ2v) is 4.44. The molecule has 0 aromatic carbocycles. The summed E-state index contributed by atoms with van der Waals surface area (Å²) in [5.41, 5.74) is 0.413. The Labute approximate surface area is 102 Å². The largest absolute Gasteiger partial charge is 0.456 e. The SMILES string of the molecule is O=C(OCc1cccs1)c1ccnc(Cl)c1. The van der Waals surface area contributed by atoms with Crippen LogP contribution in [0.1, 0.15) is 15.2 Å². The van der Waals surface area contributed by atoms with Crippen molar-refractivity contribution in [2.24, 2.45) is 0 Å². The molecule has 2 heterocycles. The van der Waals surface area contributed by atoms with Crippen molar-refractivity contribution in [2.75, 3.05) is 0 Å². The van der Waals surface area contributed by atoms with Gasteiger partial charge in [-0.3, -0.25) is 0 Å². The lowest BCUT2D eigenvalue weighted by Gasteiger charge is -2.02. The third-order valence-corrected chi connectivity index (χ3v) is 2.94. The molecule has 16 heavy (non-hydrogen) atoms. The Morgan fingerprint density at radius 3 is 3.06 bits per heavy atom. The van der Waals surface area contributed by atoms with Gasteiger partial charge in [0.25, 0.3) is 0 Å². The molecule has 82 valence electrons. The van der Waals surface area contributed by atoms with E-state index >= 15 is 0 Å². The summed E-state index contributed by atoms with van der Waals surface area (Å²) in [6.07, 6.45) is 1.48. The normalized spacial score (nSPS) is 10.1. The summed E-state index contributed by atoms with van der Waals surface area (Å²) in [6, 6.07) is 6.88. The lowest BCUT2D eigenvalue weighted by molar-refractivity contribution is 0.0476. The molecule has 3 nitrogen and oxygen atoms in total. The molecular formula is C11H8ClNO2S. The molecule has 0 aliphatic carbocycles. The first-order valence-corrected chi connectivity index (χ1v) is 5.82. The van der Waals surface area contributed by atoms with Crippen LogP contribution in [0, 0.1) is 0 Å². The van der Waals surface area contributed by atoms with Gasteiger partial charge in [0.05, 0.1) is 5.56 Å². The zero-order valence-corrected chi connectivity index (χ0v) is 9.79. The van der Waals surface area contributed by atoms with Crippen LogP contribution >= 0.6 is 22.9 Å². The van der Waals surface area contributed by atoms with Gasteiger partial charge in [0, 0.05) is 11.1 Å². The molecule has 0 N–H and O–H groups in total. The highest BCUT2D eigenvalue weighted by molar-refractivity contribution is 7.09. The highest BCUT2D eigenvalue weighted by Gasteiger charge is 2.08.